The predicted octanol–water partition coefficient (Wildman–Crippen LogP) is 10.1. The van der Waals surface area contributed by atoms with Crippen molar-refractivity contribution in [3.05, 3.63) is 162 Å². The number of hydrogen-bond donors (Lipinski definition) is 1. The van der Waals surface area contributed by atoms with Gasteiger partial charge in [0.15, 0.2) is 11.2 Å². The summed E-state index contributed by atoms with van der Waals surface area (Å²) < 4.78 is 96.7. The Morgan fingerprint density at radius 3 is 1.50 bits per heavy atom. The van der Waals surface area contributed by atoms with E-state index in [0.29, 0.717) is 73.5 Å². The number of hydrogen-bond acceptors (Lipinski definition) is 8. The molecular weight excluding hydrogens is 826 g/mol. The van der Waals surface area contributed by atoms with Gasteiger partial charge in [-0.05, 0) is 92.6 Å². The van der Waals surface area contributed by atoms with Crippen molar-refractivity contribution in [2.75, 3.05) is 0 Å². The molecule has 0 radical (unpaired) electrons. The lowest BCUT2D eigenvalue weighted by atomic mass is 10.0. The highest BCUT2D eigenvalue weighted by atomic mass is 19.4. The average Bonchev–Trinajstić information content (AvgIpc) is 3.73. The molecule has 0 spiro atoms. The molecule has 0 amide bonds. The van der Waals surface area contributed by atoms with Crippen molar-refractivity contribution in [3.8, 4) is 45.1 Å². The van der Waals surface area contributed by atoms with Gasteiger partial charge in [0.25, 0.3) is 11.1 Å². The first-order valence-corrected chi connectivity index (χ1v) is 17.8. The Morgan fingerprint density at radius 2 is 1.05 bits per heavy atom. The molecule has 324 valence electrons. The zero-order valence-electron chi connectivity index (χ0n) is 31.5. The molecule has 12 nitrogen and oxygen atoms in total. The minimum atomic E-state index is -4.80. The number of alkyl halides is 6. The fourth-order valence-corrected chi connectivity index (χ4v) is 6.62. The van der Waals surface area contributed by atoms with E-state index in [1.807, 2.05) is 6.92 Å². The molecule has 18 heteroatoms. The first-order chi connectivity index (χ1) is 28.4. The van der Waals surface area contributed by atoms with E-state index in [1.165, 1.54) is 50.1 Å². The number of ether oxygens (including phenoxy) is 2. The summed E-state index contributed by atoms with van der Waals surface area (Å²) in [7, 11) is 0. The van der Waals surface area contributed by atoms with Crippen LogP contribution in [-0.2, 0) is 6.54 Å². The van der Waals surface area contributed by atoms with Crippen molar-refractivity contribution in [2.24, 2.45) is 0 Å². The molecule has 8 aromatic rings. The van der Waals surface area contributed by atoms with E-state index in [0.717, 1.165) is 24.3 Å². The van der Waals surface area contributed by atoms with Gasteiger partial charge in [0.05, 0.1) is 11.0 Å². The zero-order chi connectivity index (χ0) is 43.1. The van der Waals surface area contributed by atoms with Crippen molar-refractivity contribution >= 4 is 22.2 Å². The lowest BCUT2D eigenvalue weighted by Crippen LogP contribution is -2.19. The van der Waals surface area contributed by atoms with Crippen molar-refractivity contribution in [3.63, 3.8) is 0 Å². The van der Waals surface area contributed by atoms with Gasteiger partial charge in [-0.1, -0.05) is 39.1 Å². The minimum Gasteiger partial charge on any atom is -0.407 e. The van der Waals surface area contributed by atoms with Crippen LogP contribution in [0.3, 0.4) is 0 Å². The minimum absolute atomic E-state index is 0. The molecule has 0 saturated heterocycles. The Hall–Kier alpha value is -7.50. The van der Waals surface area contributed by atoms with Gasteiger partial charge < -0.3 is 18.3 Å². The van der Waals surface area contributed by atoms with Crippen molar-refractivity contribution in [2.45, 2.75) is 54.9 Å². The summed E-state index contributed by atoms with van der Waals surface area (Å²) in [6.45, 7) is 5.78. The van der Waals surface area contributed by atoms with Crippen LogP contribution >= 0.6 is 0 Å². The summed E-state index contributed by atoms with van der Waals surface area (Å²) in [6, 6.07) is 23.3. The third-order valence-corrected chi connectivity index (χ3v) is 9.26. The van der Waals surface area contributed by atoms with Crippen LogP contribution in [0.2, 0.25) is 0 Å². The Morgan fingerprint density at radius 1 is 0.597 bits per heavy atom. The second-order valence-electron chi connectivity index (χ2n) is 13.2. The number of aromatic amines is 1. The van der Waals surface area contributed by atoms with E-state index in [2.05, 4.69) is 14.5 Å². The number of fused-ring (bicyclic) bond motifs is 2. The van der Waals surface area contributed by atoms with Crippen LogP contribution in [0.4, 0.5) is 26.3 Å². The number of para-hydroxylation sites is 2. The molecule has 0 aliphatic carbocycles. The van der Waals surface area contributed by atoms with E-state index in [9.17, 15) is 45.5 Å². The molecule has 0 saturated carbocycles. The normalized spacial score (nSPS) is 11.4. The Kier molecular flexibility index (Phi) is 12.9. The van der Waals surface area contributed by atoms with Gasteiger partial charge in [-0.3, -0.25) is 28.3 Å². The monoisotopic (exact) mass is 864 g/mol. The highest BCUT2D eigenvalue weighted by molar-refractivity contribution is 5.92. The van der Waals surface area contributed by atoms with Crippen LogP contribution in [0.25, 0.3) is 55.8 Å². The molecule has 4 aromatic heterocycles. The van der Waals surface area contributed by atoms with Crippen LogP contribution in [0.5, 0.6) is 11.5 Å². The second-order valence-corrected chi connectivity index (χ2v) is 13.2. The first-order valence-electron chi connectivity index (χ1n) is 17.8. The third-order valence-electron chi connectivity index (χ3n) is 9.26. The molecule has 4 aromatic carbocycles. The van der Waals surface area contributed by atoms with E-state index in [4.69, 9.17) is 8.83 Å². The van der Waals surface area contributed by atoms with Crippen LogP contribution in [0.1, 0.15) is 32.9 Å². The molecule has 4 heterocycles. The van der Waals surface area contributed by atoms with Crippen molar-refractivity contribution < 1.29 is 44.7 Å². The lowest BCUT2D eigenvalue weighted by molar-refractivity contribution is -0.275. The molecule has 0 aliphatic rings. The van der Waals surface area contributed by atoms with Crippen LogP contribution < -0.4 is 32.1 Å². The molecule has 1 N–H and O–H groups in total. The number of nitrogens with one attached hydrogen (secondary N) is 1. The Labute approximate surface area is 347 Å². The molecule has 0 atom stereocenters. The quantitative estimate of drug-likeness (QED) is 0.156. The van der Waals surface area contributed by atoms with Gasteiger partial charge in [-0.2, -0.15) is 0 Å². The van der Waals surface area contributed by atoms with E-state index < -0.39 is 24.2 Å². The van der Waals surface area contributed by atoms with Crippen LogP contribution in [-0.4, -0.2) is 31.4 Å². The number of oxazole rings is 2. The molecule has 0 fully saturated rings. The zero-order valence-corrected chi connectivity index (χ0v) is 31.5. The number of aryl methyl sites for hydroxylation is 3. The first kappa shape index (κ1) is 45.6. The standard InChI is InChI=1S/C22H17F3N2O4.C20H13F3N2O4.2CH4/c1-3-26-18-6-4-5-16(20(18)30-21(26)29)17-12-27(19(28)11-13(17)2)14-7-9-15(10-8-14)31-22(23,24)25;1-11-9-17(26)25(12-5-7-13(8-6-12)29-20(21,22)23)10-15(11)14-3-2-4-16-18(14)28-19(27)24-16;;/h4-12H,3H2,1-2H3;2-10H,1H3,(H,24,27);2*1H4. The number of nitrogens with zero attached hydrogens (tertiary/aromatic N) is 3. The topological polar surface area (TPSA) is 144 Å². The fraction of sp³-hybridized carbons (Fsp3) is 0.182. The number of rotatable bonds is 7. The highest BCUT2D eigenvalue weighted by Crippen LogP contribution is 2.32. The molecule has 0 bridgehead atoms. The molecule has 0 aliphatic heterocycles. The summed E-state index contributed by atoms with van der Waals surface area (Å²) >= 11 is 0. The number of benzene rings is 4. The molecular formula is C44H38F6N4O8. The maximum absolute atomic E-state index is 12.6. The van der Waals surface area contributed by atoms with Crippen molar-refractivity contribution in [1.82, 2.24) is 18.7 Å². The third kappa shape index (κ3) is 9.59. The van der Waals surface area contributed by atoms with Gasteiger partial charge in [-0.15, -0.1) is 26.3 Å². The smallest absolute Gasteiger partial charge is 0.407 e. The summed E-state index contributed by atoms with van der Waals surface area (Å²) in [5.74, 6) is -1.85. The van der Waals surface area contributed by atoms with Gasteiger partial charge in [0.2, 0.25) is 0 Å². The molecule has 62 heavy (non-hydrogen) atoms. The number of pyridine rings is 2. The molecule has 0 unspecified atom stereocenters. The SMILES string of the molecule is C.C.CCn1c(=O)oc2c(-c3cn(-c4ccc(OC(F)(F)F)cc4)c(=O)cc3C)cccc21.Cc1cc(=O)n(-c2ccc(OC(F)(F)F)cc2)cc1-c1cccc2[nH]c(=O)oc12. The van der Waals surface area contributed by atoms with E-state index >= 15 is 0 Å². The Balaban J connectivity index is 0.000000227. The fourth-order valence-electron chi connectivity index (χ4n) is 6.62. The van der Waals surface area contributed by atoms with Gasteiger partial charge in [0, 0.05) is 64.7 Å². The highest BCUT2D eigenvalue weighted by Gasteiger charge is 2.32. The summed E-state index contributed by atoms with van der Waals surface area (Å²) in [5, 5.41) is 0. The summed E-state index contributed by atoms with van der Waals surface area (Å²) in [5.41, 5.74) is 5.72. The number of halogens is 6. The number of H-pyrrole nitrogens is 1. The average molecular weight is 865 g/mol. The lowest BCUT2D eigenvalue weighted by Gasteiger charge is -2.13. The summed E-state index contributed by atoms with van der Waals surface area (Å²) in [6.07, 6.45) is -6.46. The molecule has 8 rings (SSSR count). The van der Waals surface area contributed by atoms with Crippen molar-refractivity contribution in [1.29, 1.82) is 0 Å². The van der Waals surface area contributed by atoms with Crippen LogP contribution in [0.15, 0.2) is 137 Å². The Bertz CT molecular complexity index is 3120. The maximum atomic E-state index is 12.6. The maximum Gasteiger partial charge on any atom is 0.573 e. The van der Waals surface area contributed by atoms with Gasteiger partial charge in [0.1, 0.15) is 11.5 Å². The van der Waals surface area contributed by atoms with Crippen LogP contribution in [0, 0.1) is 13.8 Å². The number of aromatic nitrogens is 4. The van der Waals surface area contributed by atoms with Gasteiger partial charge in [-0.25, -0.2) is 9.59 Å². The second kappa shape index (κ2) is 17.6. The van der Waals surface area contributed by atoms with E-state index in [1.54, 1.807) is 62.6 Å². The summed E-state index contributed by atoms with van der Waals surface area (Å²) in [4.78, 5) is 51.4. The van der Waals surface area contributed by atoms with Gasteiger partial charge >= 0.3 is 24.2 Å². The largest absolute Gasteiger partial charge is 0.573 e. The van der Waals surface area contributed by atoms with E-state index in [-0.39, 0.29) is 37.5 Å². The predicted molar refractivity (Wildman–Crippen MR) is 221 cm³/mol.